The second-order valence-electron chi connectivity index (χ2n) is 6.00. The van der Waals surface area contributed by atoms with Gasteiger partial charge in [-0.15, -0.1) is 0 Å². The summed E-state index contributed by atoms with van der Waals surface area (Å²) in [7, 11) is 0. The molecule has 0 fully saturated rings. The number of benzene rings is 1. The van der Waals surface area contributed by atoms with Gasteiger partial charge in [0, 0.05) is 25.2 Å². The Labute approximate surface area is 123 Å². The maximum atomic E-state index is 5.81. The standard InChI is InChI=1S/C16H26N2S/c1-12(2)9-18(10-13(3)4)11-14-7-5-6-8-15(14)16(17)19/h5-8,12-13H,9-11H2,1-4H3,(H2,17,19). The summed E-state index contributed by atoms with van der Waals surface area (Å²) in [4.78, 5) is 2.98. The lowest BCUT2D eigenvalue weighted by molar-refractivity contribution is 0.211. The van der Waals surface area contributed by atoms with Gasteiger partial charge in [-0.1, -0.05) is 64.2 Å². The molecule has 1 aromatic rings. The molecule has 0 unspecified atom stereocenters. The van der Waals surface area contributed by atoms with Crippen molar-refractivity contribution in [1.29, 1.82) is 0 Å². The molecule has 0 aliphatic carbocycles. The average molecular weight is 278 g/mol. The molecule has 1 rings (SSSR count). The van der Waals surface area contributed by atoms with E-state index in [9.17, 15) is 0 Å². The van der Waals surface area contributed by atoms with E-state index in [1.807, 2.05) is 12.1 Å². The molecule has 106 valence electrons. The van der Waals surface area contributed by atoms with Gasteiger partial charge in [-0.05, 0) is 17.4 Å². The molecule has 0 heterocycles. The number of thiocarbonyl (C=S) groups is 1. The van der Waals surface area contributed by atoms with E-state index >= 15 is 0 Å². The minimum Gasteiger partial charge on any atom is -0.389 e. The molecular weight excluding hydrogens is 252 g/mol. The van der Waals surface area contributed by atoms with Crippen LogP contribution in [0.3, 0.4) is 0 Å². The van der Waals surface area contributed by atoms with Crippen molar-refractivity contribution in [2.45, 2.75) is 34.2 Å². The third-order valence-corrected chi connectivity index (χ3v) is 3.14. The summed E-state index contributed by atoms with van der Waals surface area (Å²) in [6, 6.07) is 8.19. The minimum atomic E-state index is 0.490. The van der Waals surface area contributed by atoms with Crippen LogP contribution in [0.2, 0.25) is 0 Å². The van der Waals surface area contributed by atoms with Crippen molar-refractivity contribution in [2.24, 2.45) is 17.6 Å². The van der Waals surface area contributed by atoms with Crippen LogP contribution in [0.25, 0.3) is 0 Å². The fourth-order valence-corrected chi connectivity index (χ4v) is 2.58. The van der Waals surface area contributed by atoms with E-state index in [4.69, 9.17) is 18.0 Å². The number of hydrogen-bond donors (Lipinski definition) is 1. The first kappa shape index (κ1) is 16.1. The zero-order chi connectivity index (χ0) is 14.4. The van der Waals surface area contributed by atoms with E-state index < -0.39 is 0 Å². The molecule has 0 aliphatic rings. The van der Waals surface area contributed by atoms with Gasteiger partial charge in [-0.25, -0.2) is 0 Å². The fraction of sp³-hybridized carbons (Fsp3) is 0.562. The van der Waals surface area contributed by atoms with Crippen LogP contribution in [0, 0.1) is 11.8 Å². The summed E-state index contributed by atoms with van der Waals surface area (Å²) >= 11 is 5.14. The Kier molecular flexibility index (Phi) is 6.46. The number of nitrogens with zero attached hydrogens (tertiary/aromatic N) is 1. The Morgan fingerprint density at radius 3 is 2.11 bits per heavy atom. The first-order valence-corrected chi connectivity index (χ1v) is 7.41. The summed E-state index contributed by atoms with van der Waals surface area (Å²) in [6.45, 7) is 12.1. The number of rotatable bonds is 7. The zero-order valence-electron chi connectivity index (χ0n) is 12.5. The predicted molar refractivity (Wildman–Crippen MR) is 87.3 cm³/mol. The Hall–Kier alpha value is -0.930. The molecule has 0 amide bonds. The highest BCUT2D eigenvalue weighted by Gasteiger charge is 2.13. The lowest BCUT2D eigenvalue weighted by Crippen LogP contribution is -2.31. The summed E-state index contributed by atoms with van der Waals surface area (Å²) in [5, 5.41) is 0. The SMILES string of the molecule is CC(C)CN(Cc1ccccc1C(N)=S)CC(C)C. The van der Waals surface area contributed by atoms with Gasteiger partial charge in [0.2, 0.25) is 0 Å². The van der Waals surface area contributed by atoms with Crippen LogP contribution in [0.5, 0.6) is 0 Å². The third-order valence-electron chi connectivity index (χ3n) is 2.92. The average Bonchev–Trinajstić information content (AvgIpc) is 2.27. The van der Waals surface area contributed by atoms with Crippen molar-refractivity contribution in [3.05, 3.63) is 35.4 Å². The van der Waals surface area contributed by atoms with Crippen molar-refractivity contribution in [3.8, 4) is 0 Å². The van der Waals surface area contributed by atoms with Crippen LogP contribution in [0.4, 0.5) is 0 Å². The molecular formula is C16H26N2S. The topological polar surface area (TPSA) is 29.3 Å². The molecule has 0 aromatic heterocycles. The molecule has 0 radical (unpaired) electrons. The smallest absolute Gasteiger partial charge is 0.104 e. The molecule has 0 atom stereocenters. The molecule has 2 N–H and O–H groups in total. The monoisotopic (exact) mass is 278 g/mol. The van der Waals surface area contributed by atoms with Crippen LogP contribution in [-0.4, -0.2) is 23.0 Å². The van der Waals surface area contributed by atoms with Crippen molar-refractivity contribution >= 4 is 17.2 Å². The van der Waals surface area contributed by atoms with Crippen LogP contribution in [0.1, 0.15) is 38.8 Å². The minimum absolute atomic E-state index is 0.490. The summed E-state index contributed by atoms with van der Waals surface area (Å²) < 4.78 is 0. The predicted octanol–water partition coefficient (Wildman–Crippen LogP) is 3.43. The second kappa shape index (κ2) is 7.61. The fourth-order valence-electron chi connectivity index (χ4n) is 2.38. The highest BCUT2D eigenvalue weighted by molar-refractivity contribution is 7.80. The lowest BCUT2D eigenvalue weighted by Gasteiger charge is -2.27. The van der Waals surface area contributed by atoms with Crippen LogP contribution >= 0.6 is 12.2 Å². The number of hydrogen-bond acceptors (Lipinski definition) is 2. The lowest BCUT2D eigenvalue weighted by atomic mass is 10.1. The zero-order valence-corrected chi connectivity index (χ0v) is 13.3. The van der Waals surface area contributed by atoms with Gasteiger partial charge in [-0.3, -0.25) is 4.90 Å². The van der Waals surface area contributed by atoms with Crippen LogP contribution in [0.15, 0.2) is 24.3 Å². The van der Waals surface area contributed by atoms with Gasteiger partial charge in [-0.2, -0.15) is 0 Å². The summed E-state index contributed by atoms with van der Waals surface area (Å²) in [6.07, 6.45) is 0. The van der Waals surface area contributed by atoms with Gasteiger partial charge < -0.3 is 5.73 Å². The Morgan fingerprint density at radius 1 is 1.11 bits per heavy atom. The maximum Gasteiger partial charge on any atom is 0.104 e. The van der Waals surface area contributed by atoms with Gasteiger partial charge in [0.15, 0.2) is 0 Å². The van der Waals surface area contributed by atoms with Gasteiger partial charge in [0.1, 0.15) is 4.99 Å². The highest BCUT2D eigenvalue weighted by atomic mass is 32.1. The molecule has 1 aromatic carbocycles. The molecule has 0 saturated heterocycles. The number of nitrogens with two attached hydrogens (primary N) is 1. The van der Waals surface area contributed by atoms with Crippen LogP contribution < -0.4 is 5.73 Å². The normalized spacial score (nSPS) is 11.5. The molecule has 0 saturated carbocycles. The van der Waals surface area contributed by atoms with Crippen LogP contribution in [-0.2, 0) is 6.54 Å². The van der Waals surface area contributed by atoms with E-state index in [1.54, 1.807) is 0 Å². The third kappa shape index (κ3) is 5.70. The molecule has 2 nitrogen and oxygen atoms in total. The molecule has 0 aliphatic heterocycles. The highest BCUT2D eigenvalue weighted by Crippen LogP contribution is 2.14. The quantitative estimate of drug-likeness (QED) is 0.775. The Balaban J connectivity index is 2.86. The first-order chi connectivity index (χ1) is 8.90. The maximum absolute atomic E-state index is 5.81. The molecule has 19 heavy (non-hydrogen) atoms. The second-order valence-corrected chi connectivity index (χ2v) is 6.44. The van der Waals surface area contributed by atoms with Gasteiger partial charge >= 0.3 is 0 Å². The molecule has 0 spiro atoms. The van der Waals surface area contributed by atoms with Crippen molar-refractivity contribution in [2.75, 3.05) is 13.1 Å². The van der Waals surface area contributed by atoms with Crippen molar-refractivity contribution < 1.29 is 0 Å². The first-order valence-electron chi connectivity index (χ1n) is 7.00. The van der Waals surface area contributed by atoms with Crippen molar-refractivity contribution in [3.63, 3.8) is 0 Å². The van der Waals surface area contributed by atoms with E-state index in [0.29, 0.717) is 16.8 Å². The largest absolute Gasteiger partial charge is 0.389 e. The van der Waals surface area contributed by atoms with Crippen molar-refractivity contribution in [1.82, 2.24) is 4.90 Å². The molecule has 3 heteroatoms. The van der Waals surface area contributed by atoms with E-state index in [1.165, 1.54) is 5.56 Å². The van der Waals surface area contributed by atoms with Gasteiger partial charge in [0.05, 0.1) is 0 Å². The Morgan fingerprint density at radius 2 is 1.63 bits per heavy atom. The molecule has 0 bridgehead atoms. The summed E-state index contributed by atoms with van der Waals surface area (Å²) in [5.74, 6) is 1.33. The van der Waals surface area contributed by atoms with Gasteiger partial charge in [0.25, 0.3) is 0 Å². The Bertz CT molecular complexity index is 403. The summed E-state index contributed by atoms with van der Waals surface area (Å²) in [5.41, 5.74) is 8.05. The van der Waals surface area contributed by atoms with E-state index in [-0.39, 0.29) is 0 Å². The van der Waals surface area contributed by atoms with E-state index in [0.717, 1.165) is 25.2 Å². The van der Waals surface area contributed by atoms with E-state index in [2.05, 4.69) is 44.7 Å².